The summed E-state index contributed by atoms with van der Waals surface area (Å²) in [5.74, 6) is 0.928. The molecule has 0 radical (unpaired) electrons. The summed E-state index contributed by atoms with van der Waals surface area (Å²) in [5.41, 5.74) is 6.46. The molecule has 3 rings (SSSR count). The molecule has 2 atom stereocenters. The van der Waals surface area contributed by atoms with Crippen molar-refractivity contribution in [2.24, 2.45) is 0 Å². The van der Waals surface area contributed by atoms with E-state index in [2.05, 4.69) is 9.88 Å². The summed E-state index contributed by atoms with van der Waals surface area (Å²) in [7, 11) is 0. The first-order valence-electron chi connectivity index (χ1n) is 6.55. The minimum Gasteiger partial charge on any atom is -0.397 e. The maximum absolute atomic E-state index is 5.93. The highest BCUT2D eigenvalue weighted by Crippen LogP contribution is 2.32. The van der Waals surface area contributed by atoms with Crippen LogP contribution in [0.15, 0.2) is 12.3 Å². The predicted molar refractivity (Wildman–Crippen MR) is 73.0 cm³/mol. The van der Waals surface area contributed by atoms with Gasteiger partial charge >= 0.3 is 0 Å². The molecule has 0 amide bonds. The Hall–Kier alpha value is -1.00. The molecular weight excluding hydrogens is 250 g/mol. The van der Waals surface area contributed by atoms with E-state index in [1.54, 1.807) is 6.20 Å². The number of nitrogens with two attached hydrogens (primary N) is 1. The van der Waals surface area contributed by atoms with Crippen LogP contribution in [0.4, 0.5) is 11.5 Å². The molecule has 0 aromatic carbocycles. The minimum atomic E-state index is 0.353. The molecule has 2 unspecified atom stereocenters. The van der Waals surface area contributed by atoms with Crippen LogP contribution in [0.2, 0.25) is 5.02 Å². The first-order chi connectivity index (χ1) is 8.75. The van der Waals surface area contributed by atoms with Gasteiger partial charge in [-0.1, -0.05) is 24.4 Å². The lowest BCUT2D eigenvalue weighted by Crippen LogP contribution is -2.53. The van der Waals surface area contributed by atoms with E-state index in [0.29, 0.717) is 22.9 Å². The van der Waals surface area contributed by atoms with Gasteiger partial charge in [-0.3, -0.25) is 0 Å². The summed E-state index contributed by atoms with van der Waals surface area (Å²) in [6.07, 6.45) is 6.86. The number of pyridine rings is 1. The smallest absolute Gasteiger partial charge is 0.131 e. The summed E-state index contributed by atoms with van der Waals surface area (Å²) in [6, 6.07) is 2.32. The van der Waals surface area contributed by atoms with Crippen LogP contribution in [-0.2, 0) is 4.74 Å². The van der Waals surface area contributed by atoms with Gasteiger partial charge in [0.05, 0.1) is 29.5 Å². The van der Waals surface area contributed by atoms with Gasteiger partial charge in [0.2, 0.25) is 0 Å². The standard InChI is InChI=1S/C13H18ClN3O/c14-9-8-16-13(7-10(9)15)17-5-6-18-12-4-2-1-3-11(12)17/h7-8,11-12H,1-6H2,(H2,15,16). The Kier molecular flexibility index (Phi) is 3.31. The molecule has 1 aliphatic carbocycles. The Morgan fingerprint density at radius 2 is 2.22 bits per heavy atom. The zero-order valence-electron chi connectivity index (χ0n) is 10.3. The van der Waals surface area contributed by atoms with Gasteiger partial charge in [0, 0.05) is 18.8 Å². The molecule has 0 spiro atoms. The number of fused-ring (bicyclic) bond motifs is 1. The molecular formula is C13H18ClN3O. The molecule has 0 bridgehead atoms. The Balaban J connectivity index is 1.87. The summed E-state index contributed by atoms with van der Waals surface area (Å²) in [4.78, 5) is 6.75. The van der Waals surface area contributed by atoms with Crippen LogP contribution in [-0.4, -0.2) is 30.3 Å². The van der Waals surface area contributed by atoms with Crippen molar-refractivity contribution >= 4 is 23.1 Å². The predicted octanol–water partition coefficient (Wildman–Crippen LogP) is 2.47. The molecule has 2 fully saturated rings. The fraction of sp³-hybridized carbons (Fsp3) is 0.615. The van der Waals surface area contributed by atoms with Crippen LogP contribution in [0, 0.1) is 0 Å². The van der Waals surface area contributed by atoms with E-state index < -0.39 is 0 Å². The highest BCUT2D eigenvalue weighted by molar-refractivity contribution is 6.32. The molecule has 2 heterocycles. The third-order valence-corrected chi connectivity index (χ3v) is 4.21. The highest BCUT2D eigenvalue weighted by Gasteiger charge is 2.34. The summed E-state index contributed by atoms with van der Waals surface area (Å²) in [5, 5.41) is 0.521. The van der Waals surface area contributed by atoms with Gasteiger partial charge in [0.25, 0.3) is 0 Å². The van der Waals surface area contributed by atoms with Gasteiger partial charge < -0.3 is 15.4 Å². The maximum Gasteiger partial charge on any atom is 0.131 e. The average Bonchev–Trinajstić information content (AvgIpc) is 2.41. The number of hydrogen-bond acceptors (Lipinski definition) is 4. The number of hydrogen-bond donors (Lipinski definition) is 1. The van der Waals surface area contributed by atoms with E-state index in [9.17, 15) is 0 Å². The van der Waals surface area contributed by atoms with Gasteiger partial charge in [-0.2, -0.15) is 0 Å². The summed E-state index contributed by atoms with van der Waals surface area (Å²) in [6.45, 7) is 1.65. The fourth-order valence-corrected chi connectivity index (χ4v) is 3.08. The van der Waals surface area contributed by atoms with Crippen LogP contribution in [0.3, 0.4) is 0 Å². The molecule has 1 saturated heterocycles. The maximum atomic E-state index is 5.93. The van der Waals surface area contributed by atoms with Gasteiger partial charge in [0.15, 0.2) is 0 Å². The number of halogens is 1. The summed E-state index contributed by atoms with van der Waals surface area (Å²) >= 11 is 5.93. The molecule has 1 saturated carbocycles. The molecule has 4 nitrogen and oxygen atoms in total. The Morgan fingerprint density at radius 1 is 1.39 bits per heavy atom. The second kappa shape index (κ2) is 4.94. The van der Waals surface area contributed by atoms with E-state index in [4.69, 9.17) is 22.1 Å². The number of nitrogen functional groups attached to an aromatic ring is 1. The number of anilines is 2. The van der Waals surface area contributed by atoms with Crippen molar-refractivity contribution in [3.63, 3.8) is 0 Å². The number of nitrogens with zero attached hydrogens (tertiary/aromatic N) is 2. The van der Waals surface area contributed by atoms with Crippen molar-refractivity contribution < 1.29 is 4.74 Å². The molecule has 5 heteroatoms. The Labute approximate surface area is 112 Å². The van der Waals surface area contributed by atoms with Crippen LogP contribution in [0.25, 0.3) is 0 Å². The van der Waals surface area contributed by atoms with Crippen LogP contribution in [0.5, 0.6) is 0 Å². The van der Waals surface area contributed by atoms with Crippen molar-refractivity contribution in [3.8, 4) is 0 Å². The van der Waals surface area contributed by atoms with Crippen molar-refractivity contribution in [1.29, 1.82) is 0 Å². The first-order valence-corrected chi connectivity index (χ1v) is 6.93. The van der Waals surface area contributed by atoms with E-state index in [1.807, 2.05) is 6.07 Å². The topological polar surface area (TPSA) is 51.4 Å². The van der Waals surface area contributed by atoms with Crippen molar-refractivity contribution in [2.45, 2.75) is 37.8 Å². The molecule has 18 heavy (non-hydrogen) atoms. The molecule has 1 aromatic heterocycles. The lowest BCUT2D eigenvalue weighted by Gasteiger charge is -2.44. The first kappa shape index (κ1) is 12.1. The quantitative estimate of drug-likeness (QED) is 0.849. The molecule has 2 aliphatic rings. The Bertz CT molecular complexity index is 438. The zero-order chi connectivity index (χ0) is 12.5. The highest BCUT2D eigenvalue weighted by atomic mass is 35.5. The molecule has 1 aliphatic heterocycles. The number of ether oxygens (including phenoxy) is 1. The second-order valence-electron chi connectivity index (χ2n) is 5.02. The van der Waals surface area contributed by atoms with Crippen LogP contribution < -0.4 is 10.6 Å². The normalized spacial score (nSPS) is 27.9. The fourth-order valence-electron chi connectivity index (χ4n) is 2.98. The summed E-state index contributed by atoms with van der Waals surface area (Å²) < 4.78 is 5.86. The van der Waals surface area contributed by atoms with Gasteiger partial charge in [-0.15, -0.1) is 0 Å². The lowest BCUT2D eigenvalue weighted by molar-refractivity contribution is -0.00898. The number of aromatic nitrogens is 1. The molecule has 2 N–H and O–H groups in total. The molecule has 1 aromatic rings. The zero-order valence-corrected chi connectivity index (χ0v) is 11.1. The van der Waals surface area contributed by atoms with Gasteiger partial charge in [-0.25, -0.2) is 4.98 Å². The van der Waals surface area contributed by atoms with E-state index in [-0.39, 0.29) is 0 Å². The average molecular weight is 268 g/mol. The van der Waals surface area contributed by atoms with Crippen molar-refractivity contribution in [1.82, 2.24) is 4.98 Å². The van der Waals surface area contributed by atoms with E-state index in [1.165, 1.54) is 19.3 Å². The van der Waals surface area contributed by atoms with Crippen molar-refractivity contribution in [3.05, 3.63) is 17.3 Å². The third-order valence-electron chi connectivity index (χ3n) is 3.90. The SMILES string of the molecule is Nc1cc(N2CCOC3CCCCC32)ncc1Cl. The Morgan fingerprint density at radius 3 is 3.06 bits per heavy atom. The van der Waals surface area contributed by atoms with Crippen LogP contribution >= 0.6 is 11.6 Å². The second-order valence-corrected chi connectivity index (χ2v) is 5.43. The van der Waals surface area contributed by atoms with E-state index in [0.717, 1.165) is 25.4 Å². The minimum absolute atomic E-state index is 0.353. The lowest BCUT2D eigenvalue weighted by atomic mass is 9.90. The number of morpholine rings is 1. The monoisotopic (exact) mass is 267 g/mol. The largest absolute Gasteiger partial charge is 0.397 e. The van der Waals surface area contributed by atoms with Crippen LogP contribution in [0.1, 0.15) is 25.7 Å². The van der Waals surface area contributed by atoms with E-state index >= 15 is 0 Å². The van der Waals surface area contributed by atoms with Gasteiger partial charge in [0.1, 0.15) is 5.82 Å². The number of rotatable bonds is 1. The third kappa shape index (κ3) is 2.15. The van der Waals surface area contributed by atoms with Gasteiger partial charge in [-0.05, 0) is 12.8 Å². The van der Waals surface area contributed by atoms with Crippen molar-refractivity contribution in [2.75, 3.05) is 23.8 Å². The molecule has 98 valence electrons.